The number of nitrogens with zero attached hydrogens (tertiary/aromatic N) is 1. The van der Waals surface area contributed by atoms with Crippen molar-refractivity contribution in [1.29, 1.82) is 0 Å². The molecule has 8 heteroatoms. The van der Waals surface area contributed by atoms with Crippen LogP contribution in [-0.2, 0) is 4.79 Å². The average molecular weight is 410 g/mol. The predicted molar refractivity (Wildman–Crippen MR) is 115 cm³/mol. The number of H-pyrrole nitrogens is 1. The Bertz CT molecular complexity index is 989. The largest absolute Gasteiger partial charge is 0.497 e. The van der Waals surface area contributed by atoms with Crippen LogP contribution in [-0.4, -0.2) is 42.0 Å². The highest BCUT2D eigenvalue weighted by Gasteiger charge is 2.24. The summed E-state index contributed by atoms with van der Waals surface area (Å²) in [6.45, 7) is 3.98. The first-order valence-corrected chi connectivity index (χ1v) is 9.69. The molecule has 1 heterocycles. The Labute approximate surface area is 175 Å². The van der Waals surface area contributed by atoms with E-state index in [1.54, 1.807) is 18.2 Å². The zero-order valence-corrected chi connectivity index (χ0v) is 17.5. The van der Waals surface area contributed by atoms with Crippen LogP contribution in [0.3, 0.4) is 0 Å². The Kier molecular flexibility index (Phi) is 6.56. The van der Waals surface area contributed by atoms with Gasteiger partial charge in [0.05, 0.1) is 25.3 Å². The number of benzene rings is 2. The summed E-state index contributed by atoms with van der Waals surface area (Å²) in [5.74, 6) is 0.783. The zero-order valence-electron chi connectivity index (χ0n) is 17.5. The SMILES string of the molecule is COc1cc(OC)cc(C(=O)N[C@H](CC(C)C)C(=O)Nc2nc3ccccc3[nH]2)c1. The highest BCUT2D eigenvalue weighted by molar-refractivity contribution is 6.01. The van der Waals surface area contributed by atoms with Crippen LogP contribution in [0.4, 0.5) is 5.95 Å². The summed E-state index contributed by atoms with van der Waals surface area (Å²) in [5.41, 5.74) is 1.91. The van der Waals surface area contributed by atoms with Crippen molar-refractivity contribution in [1.82, 2.24) is 15.3 Å². The van der Waals surface area contributed by atoms with E-state index in [2.05, 4.69) is 20.6 Å². The first-order chi connectivity index (χ1) is 14.4. The molecule has 0 fully saturated rings. The topological polar surface area (TPSA) is 105 Å². The van der Waals surface area contributed by atoms with Gasteiger partial charge in [0.25, 0.3) is 5.91 Å². The third kappa shape index (κ3) is 5.08. The second-order valence-electron chi connectivity index (χ2n) is 7.35. The minimum Gasteiger partial charge on any atom is -0.497 e. The van der Waals surface area contributed by atoms with Gasteiger partial charge in [-0.2, -0.15) is 0 Å². The van der Waals surface area contributed by atoms with Gasteiger partial charge in [-0.25, -0.2) is 4.98 Å². The normalized spacial score (nSPS) is 11.9. The van der Waals surface area contributed by atoms with Crippen LogP contribution >= 0.6 is 0 Å². The summed E-state index contributed by atoms with van der Waals surface area (Å²) >= 11 is 0. The summed E-state index contributed by atoms with van der Waals surface area (Å²) in [5, 5.41) is 5.59. The molecule has 2 aromatic carbocycles. The fourth-order valence-electron chi connectivity index (χ4n) is 3.10. The first kappa shape index (κ1) is 21.2. The number of rotatable bonds is 8. The molecule has 3 aromatic rings. The molecule has 1 aromatic heterocycles. The number of methoxy groups -OCH3 is 2. The molecular weight excluding hydrogens is 384 g/mol. The van der Waals surface area contributed by atoms with Gasteiger partial charge in [0.2, 0.25) is 11.9 Å². The Balaban J connectivity index is 1.78. The van der Waals surface area contributed by atoms with Crippen molar-refractivity contribution < 1.29 is 19.1 Å². The molecule has 0 aliphatic heterocycles. The van der Waals surface area contributed by atoms with Crippen molar-refractivity contribution in [3.63, 3.8) is 0 Å². The summed E-state index contributed by atoms with van der Waals surface area (Å²) < 4.78 is 10.4. The summed E-state index contributed by atoms with van der Waals surface area (Å²) in [4.78, 5) is 33.2. The predicted octanol–water partition coefficient (Wildman–Crippen LogP) is 3.36. The molecule has 2 amide bonds. The molecule has 1 atom stereocenters. The molecule has 3 N–H and O–H groups in total. The van der Waals surface area contributed by atoms with Gasteiger partial charge < -0.3 is 19.8 Å². The van der Waals surface area contributed by atoms with E-state index in [1.807, 2.05) is 38.1 Å². The maximum Gasteiger partial charge on any atom is 0.252 e. The molecule has 0 spiro atoms. The molecule has 0 unspecified atom stereocenters. The summed E-state index contributed by atoms with van der Waals surface area (Å²) in [7, 11) is 3.03. The van der Waals surface area contributed by atoms with Gasteiger partial charge in [-0.1, -0.05) is 26.0 Å². The van der Waals surface area contributed by atoms with Gasteiger partial charge >= 0.3 is 0 Å². The number of para-hydroxylation sites is 2. The number of ether oxygens (including phenoxy) is 2. The standard InChI is InChI=1S/C22H26N4O4/c1-13(2)9-19(21(28)26-22-24-17-7-5-6-8-18(17)25-22)23-20(27)14-10-15(29-3)12-16(11-14)30-4/h5-8,10-13,19H,9H2,1-4H3,(H,23,27)(H2,24,25,26,28)/t19-/m1/s1. The van der Waals surface area contributed by atoms with Gasteiger partial charge in [0, 0.05) is 11.6 Å². The monoisotopic (exact) mass is 410 g/mol. The minimum atomic E-state index is -0.733. The lowest BCUT2D eigenvalue weighted by atomic mass is 10.0. The Morgan fingerprint density at radius 3 is 2.33 bits per heavy atom. The van der Waals surface area contributed by atoms with E-state index < -0.39 is 11.9 Å². The van der Waals surface area contributed by atoms with Gasteiger partial charge in [0.15, 0.2) is 0 Å². The molecule has 8 nitrogen and oxygen atoms in total. The Morgan fingerprint density at radius 2 is 1.73 bits per heavy atom. The molecule has 3 rings (SSSR count). The van der Waals surface area contributed by atoms with Crippen molar-refractivity contribution >= 4 is 28.8 Å². The Morgan fingerprint density at radius 1 is 1.07 bits per heavy atom. The second-order valence-corrected chi connectivity index (χ2v) is 7.35. The maximum atomic E-state index is 12.9. The van der Waals surface area contributed by atoms with Crippen molar-refractivity contribution in [2.75, 3.05) is 19.5 Å². The molecule has 0 bridgehead atoms. The highest BCUT2D eigenvalue weighted by Crippen LogP contribution is 2.23. The van der Waals surface area contributed by atoms with Crippen molar-refractivity contribution in [3.8, 4) is 11.5 Å². The van der Waals surface area contributed by atoms with E-state index in [0.717, 1.165) is 11.0 Å². The molecular formula is C22H26N4O4. The number of hydrogen-bond acceptors (Lipinski definition) is 5. The number of amides is 2. The van der Waals surface area contributed by atoms with Crippen molar-refractivity contribution in [2.45, 2.75) is 26.3 Å². The smallest absolute Gasteiger partial charge is 0.252 e. The van der Waals surface area contributed by atoms with E-state index in [-0.39, 0.29) is 11.8 Å². The van der Waals surface area contributed by atoms with Crippen molar-refractivity contribution in [2.24, 2.45) is 5.92 Å². The van der Waals surface area contributed by atoms with Gasteiger partial charge in [-0.3, -0.25) is 14.9 Å². The number of carbonyl (C=O) groups excluding carboxylic acids is 2. The Hall–Kier alpha value is -3.55. The third-order valence-corrected chi connectivity index (χ3v) is 4.57. The van der Waals surface area contributed by atoms with E-state index in [0.29, 0.717) is 29.4 Å². The van der Waals surface area contributed by atoms with E-state index in [1.165, 1.54) is 14.2 Å². The number of anilines is 1. The molecule has 0 saturated carbocycles. The molecule has 0 aliphatic carbocycles. The average Bonchev–Trinajstić information content (AvgIpc) is 3.14. The van der Waals surface area contributed by atoms with Crippen LogP contribution in [0.25, 0.3) is 11.0 Å². The van der Waals surface area contributed by atoms with Gasteiger partial charge in [0.1, 0.15) is 17.5 Å². The van der Waals surface area contributed by atoms with Crippen LogP contribution in [0.1, 0.15) is 30.6 Å². The lowest BCUT2D eigenvalue weighted by Crippen LogP contribution is -2.44. The van der Waals surface area contributed by atoms with Gasteiger partial charge in [-0.05, 0) is 36.6 Å². The number of nitrogens with one attached hydrogen (secondary N) is 3. The molecule has 30 heavy (non-hydrogen) atoms. The molecule has 0 saturated heterocycles. The number of imidazole rings is 1. The number of hydrogen-bond donors (Lipinski definition) is 3. The number of carbonyl (C=O) groups is 2. The lowest BCUT2D eigenvalue weighted by Gasteiger charge is -2.20. The summed E-state index contributed by atoms with van der Waals surface area (Å²) in [6.07, 6.45) is 0.471. The number of fused-ring (bicyclic) bond motifs is 1. The van der Waals surface area contributed by atoms with Crippen LogP contribution in [0.2, 0.25) is 0 Å². The van der Waals surface area contributed by atoms with Crippen LogP contribution in [0, 0.1) is 5.92 Å². The number of aromatic amines is 1. The van der Waals surface area contributed by atoms with Crippen molar-refractivity contribution in [3.05, 3.63) is 48.0 Å². The lowest BCUT2D eigenvalue weighted by molar-refractivity contribution is -0.118. The summed E-state index contributed by atoms with van der Waals surface area (Å²) in [6, 6.07) is 11.6. The molecule has 0 radical (unpaired) electrons. The fraction of sp³-hybridized carbons (Fsp3) is 0.318. The fourth-order valence-corrected chi connectivity index (χ4v) is 3.10. The maximum absolute atomic E-state index is 12.9. The van der Waals surface area contributed by atoms with Crippen LogP contribution < -0.4 is 20.1 Å². The molecule has 0 aliphatic rings. The third-order valence-electron chi connectivity index (χ3n) is 4.57. The van der Waals surface area contributed by atoms with Crippen LogP contribution in [0.5, 0.6) is 11.5 Å². The van der Waals surface area contributed by atoms with E-state index in [9.17, 15) is 9.59 Å². The van der Waals surface area contributed by atoms with Gasteiger partial charge in [-0.15, -0.1) is 0 Å². The van der Waals surface area contributed by atoms with E-state index in [4.69, 9.17) is 9.47 Å². The zero-order chi connectivity index (χ0) is 21.7. The second kappa shape index (κ2) is 9.30. The number of aromatic nitrogens is 2. The minimum absolute atomic E-state index is 0.191. The highest BCUT2D eigenvalue weighted by atomic mass is 16.5. The molecule has 158 valence electrons. The van der Waals surface area contributed by atoms with E-state index >= 15 is 0 Å². The van der Waals surface area contributed by atoms with Crippen LogP contribution in [0.15, 0.2) is 42.5 Å². The quantitative estimate of drug-likeness (QED) is 0.528. The first-order valence-electron chi connectivity index (χ1n) is 9.69.